The van der Waals surface area contributed by atoms with E-state index < -0.39 is 11.7 Å². The maximum Gasteiger partial charge on any atom is 0.254 e. The van der Waals surface area contributed by atoms with Crippen LogP contribution in [0.5, 0.6) is 0 Å². The summed E-state index contributed by atoms with van der Waals surface area (Å²) >= 11 is 0. The van der Waals surface area contributed by atoms with Crippen LogP contribution < -0.4 is 5.32 Å². The average molecular weight is 354 g/mol. The second kappa shape index (κ2) is 6.16. The van der Waals surface area contributed by atoms with E-state index in [1.807, 2.05) is 12.1 Å². The SMILES string of the molecule is CCc1ccc2c(c1)C1(CC1)CN(CC(=O)Nc1ncc(F)cn1)C2=O. The van der Waals surface area contributed by atoms with Crippen molar-refractivity contribution in [2.75, 3.05) is 18.4 Å². The van der Waals surface area contributed by atoms with Crippen LogP contribution in [0, 0.1) is 5.82 Å². The number of amides is 2. The van der Waals surface area contributed by atoms with Crippen LogP contribution >= 0.6 is 0 Å². The number of halogens is 1. The van der Waals surface area contributed by atoms with E-state index in [-0.39, 0.29) is 23.8 Å². The van der Waals surface area contributed by atoms with Gasteiger partial charge in [0, 0.05) is 17.5 Å². The molecule has 1 aliphatic heterocycles. The van der Waals surface area contributed by atoms with Gasteiger partial charge in [-0.15, -0.1) is 0 Å². The van der Waals surface area contributed by atoms with Crippen molar-refractivity contribution in [3.8, 4) is 0 Å². The number of nitrogens with zero attached hydrogens (tertiary/aromatic N) is 3. The molecule has 1 aliphatic carbocycles. The zero-order valence-electron chi connectivity index (χ0n) is 14.5. The van der Waals surface area contributed by atoms with Crippen LogP contribution in [-0.4, -0.2) is 39.8 Å². The zero-order chi connectivity index (χ0) is 18.3. The third-order valence-electron chi connectivity index (χ3n) is 5.13. The molecule has 2 aliphatic rings. The molecule has 1 spiro atoms. The average Bonchev–Trinajstić information content (AvgIpc) is 3.41. The minimum absolute atomic E-state index is 0.0128. The smallest absolute Gasteiger partial charge is 0.254 e. The molecule has 26 heavy (non-hydrogen) atoms. The fraction of sp³-hybridized carbons (Fsp3) is 0.368. The highest BCUT2D eigenvalue weighted by Crippen LogP contribution is 2.52. The Balaban J connectivity index is 1.52. The summed E-state index contributed by atoms with van der Waals surface area (Å²) in [5.41, 5.74) is 3.03. The number of fused-ring (bicyclic) bond motifs is 2. The number of benzene rings is 1. The lowest BCUT2D eigenvalue weighted by atomic mass is 9.85. The van der Waals surface area contributed by atoms with Gasteiger partial charge in [-0.2, -0.15) is 0 Å². The lowest BCUT2D eigenvalue weighted by Crippen LogP contribution is -2.46. The van der Waals surface area contributed by atoms with E-state index in [2.05, 4.69) is 28.3 Å². The molecule has 4 rings (SSSR count). The van der Waals surface area contributed by atoms with Gasteiger partial charge in [0.25, 0.3) is 5.91 Å². The first-order chi connectivity index (χ1) is 12.5. The second-order valence-electron chi connectivity index (χ2n) is 6.95. The molecule has 7 heteroatoms. The van der Waals surface area contributed by atoms with Gasteiger partial charge >= 0.3 is 0 Å². The van der Waals surface area contributed by atoms with Crippen molar-refractivity contribution >= 4 is 17.8 Å². The van der Waals surface area contributed by atoms with E-state index in [0.29, 0.717) is 12.1 Å². The normalized spacial score (nSPS) is 17.2. The molecule has 1 N–H and O–H groups in total. The third kappa shape index (κ3) is 2.94. The van der Waals surface area contributed by atoms with Crippen molar-refractivity contribution in [3.63, 3.8) is 0 Å². The van der Waals surface area contributed by atoms with Crippen LogP contribution in [0.2, 0.25) is 0 Å². The van der Waals surface area contributed by atoms with Gasteiger partial charge in [0.05, 0.1) is 12.4 Å². The Bertz CT molecular complexity index is 878. The van der Waals surface area contributed by atoms with Gasteiger partial charge in [-0.25, -0.2) is 14.4 Å². The van der Waals surface area contributed by atoms with Gasteiger partial charge in [0.2, 0.25) is 11.9 Å². The quantitative estimate of drug-likeness (QED) is 0.914. The Morgan fingerprint density at radius 3 is 2.69 bits per heavy atom. The van der Waals surface area contributed by atoms with Crippen molar-refractivity contribution in [3.05, 3.63) is 53.1 Å². The molecule has 1 fully saturated rings. The molecule has 0 saturated heterocycles. The predicted octanol–water partition coefficient (Wildman–Crippen LogP) is 2.30. The highest BCUT2D eigenvalue weighted by molar-refractivity contribution is 6.01. The van der Waals surface area contributed by atoms with Gasteiger partial charge < -0.3 is 4.90 Å². The summed E-state index contributed by atoms with van der Waals surface area (Å²) in [6.07, 6.45) is 4.95. The molecule has 2 heterocycles. The summed E-state index contributed by atoms with van der Waals surface area (Å²) in [7, 11) is 0. The number of anilines is 1. The number of carbonyl (C=O) groups is 2. The number of hydrogen-bond acceptors (Lipinski definition) is 4. The molecule has 6 nitrogen and oxygen atoms in total. The van der Waals surface area contributed by atoms with Crippen molar-refractivity contribution in [1.82, 2.24) is 14.9 Å². The van der Waals surface area contributed by atoms with E-state index in [1.54, 1.807) is 4.90 Å². The van der Waals surface area contributed by atoms with E-state index in [1.165, 1.54) is 5.56 Å². The Labute approximate surface area is 150 Å². The fourth-order valence-electron chi connectivity index (χ4n) is 3.55. The number of nitrogens with one attached hydrogen (secondary N) is 1. The monoisotopic (exact) mass is 354 g/mol. The molecule has 0 radical (unpaired) electrons. The molecule has 2 aromatic rings. The highest BCUT2D eigenvalue weighted by atomic mass is 19.1. The summed E-state index contributed by atoms with van der Waals surface area (Å²) < 4.78 is 12.8. The maximum absolute atomic E-state index is 12.8. The van der Waals surface area contributed by atoms with Crippen LogP contribution in [0.4, 0.5) is 10.3 Å². The number of carbonyl (C=O) groups excluding carboxylic acids is 2. The van der Waals surface area contributed by atoms with E-state index in [9.17, 15) is 14.0 Å². The first-order valence-corrected chi connectivity index (χ1v) is 8.71. The van der Waals surface area contributed by atoms with Crippen LogP contribution in [0.3, 0.4) is 0 Å². The van der Waals surface area contributed by atoms with Gasteiger partial charge in [0.1, 0.15) is 6.54 Å². The predicted molar refractivity (Wildman–Crippen MR) is 93.3 cm³/mol. The first kappa shape index (κ1) is 16.6. The van der Waals surface area contributed by atoms with Crippen molar-refractivity contribution in [2.24, 2.45) is 0 Å². The third-order valence-corrected chi connectivity index (χ3v) is 5.13. The molecule has 1 saturated carbocycles. The first-order valence-electron chi connectivity index (χ1n) is 8.71. The second-order valence-corrected chi connectivity index (χ2v) is 6.95. The Kier molecular flexibility index (Phi) is 3.94. The fourth-order valence-corrected chi connectivity index (χ4v) is 3.55. The Morgan fingerprint density at radius 2 is 2.04 bits per heavy atom. The summed E-state index contributed by atoms with van der Waals surface area (Å²) in [4.78, 5) is 34.1. The highest BCUT2D eigenvalue weighted by Gasteiger charge is 2.51. The lowest BCUT2D eigenvalue weighted by Gasteiger charge is -2.34. The molecule has 0 unspecified atom stereocenters. The van der Waals surface area contributed by atoms with E-state index >= 15 is 0 Å². The van der Waals surface area contributed by atoms with Gasteiger partial charge in [-0.1, -0.05) is 19.1 Å². The number of aryl methyl sites for hydroxylation is 1. The van der Waals surface area contributed by atoms with Gasteiger partial charge in [-0.05, 0) is 36.5 Å². The van der Waals surface area contributed by atoms with Crippen LogP contribution in [0.25, 0.3) is 0 Å². The van der Waals surface area contributed by atoms with Crippen LogP contribution in [-0.2, 0) is 16.6 Å². The summed E-state index contributed by atoms with van der Waals surface area (Å²) in [5, 5.41) is 2.51. The summed E-state index contributed by atoms with van der Waals surface area (Å²) in [6.45, 7) is 2.57. The minimum Gasteiger partial charge on any atom is -0.328 e. The molecule has 0 bridgehead atoms. The largest absolute Gasteiger partial charge is 0.328 e. The van der Waals surface area contributed by atoms with Crippen LogP contribution in [0.15, 0.2) is 30.6 Å². The minimum atomic E-state index is -0.576. The Morgan fingerprint density at radius 1 is 1.31 bits per heavy atom. The maximum atomic E-state index is 12.8. The number of rotatable bonds is 4. The van der Waals surface area contributed by atoms with Crippen molar-refractivity contribution in [2.45, 2.75) is 31.6 Å². The van der Waals surface area contributed by atoms with Crippen molar-refractivity contribution in [1.29, 1.82) is 0 Å². The van der Waals surface area contributed by atoms with E-state index in [0.717, 1.165) is 37.2 Å². The molecule has 1 aromatic heterocycles. The Hall–Kier alpha value is -2.83. The van der Waals surface area contributed by atoms with Gasteiger partial charge in [-0.3, -0.25) is 14.9 Å². The standard InChI is InChI=1S/C19H19FN4O2/c1-2-12-3-4-14-15(7-12)19(5-6-19)11-24(17(14)26)10-16(25)23-18-21-8-13(20)9-22-18/h3-4,7-9H,2,5-6,10-11H2,1H3,(H,21,22,23,25). The topological polar surface area (TPSA) is 75.2 Å². The van der Waals surface area contributed by atoms with E-state index in [4.69, 9.17) is 0 Å². The number of aromatic nitrogens is 2. The number of hydrogen-bond donors (Lipinski definition) is 1. The molecular weight excluding hydrogens is 335 g/mol. The zero-order valence-corrected chi connectivity index (χ0v) is 14.5. The molecule has 0 atom stereocenters. The molecule has 2 amide bonds. The molecule has 1 aromatic carbocycles. The lowest BCUT2D eigenvalue weighted by molar-refractivity contribution is -0.117. The van der Waals surface area contributed by atoms with Gasteiger partial charge in [0.15, 0.2) is 5.82 Å². The molecular formula is C19H19FN4O2. The van der Waals surface area contributed by atoms with Crippen molar-refractivity contribution < 1.29 is 14.0 Å². The molecule has 134 valence electrons. The van der Waals surface area contributed by atoms with Crippen LogP contribution in [0.1, 0.15) is 41.3 Å². The summed E-state index contributed by atoms with van der Waals surface area (Å²) in [6, 6.07) is 6.00. The summed E-state index contributed by atoms with van der Waals surface area (Å²) in [5.74, 6) is -1.08.